The van der Waals surface area contributed by atoms with Crippen molar-refractivity contribution in [3.63, 3.8) is 0 Å². The zero-order valence-electron chi connectivity index (χ0n) is 36.3. The number of aliphatic carboxylic acids is 1. The lowest BCUT2D eigenvalue weighted by atomic mass is 9.92. The Morgan fingerprint density at radius 2 is 1.29 bits per heavy atom. The average molecular weight is 919 g/mol. The number of hydrogen-bond donors (Lipinski definition) is 4. The molecule has 65 heavy (non-hydrogen) atoms. The summed E-state index contributed by atoms with van der Waals surface area (Å²) < 4.78 is 25.1. The van der Waals surface area contributed by atoms with Crippen molar-refractivity contribution < 1.29 is 39.1 Å². The predicted molar refractivity (Wildman–Crippen MR) is 251 cm³/mol. The number of nitrogens with one attached hydrogen (secondary N) is 1. The number of rotatable bonds is 21. The zero-order valence-corrected chi connectivity index (χ0v) is 37.8. The first-order chi connectivity index (χ1) is 31.4. The third kappa shape index (κ3) is 11.9. The van der Waals surface area contributed by atoms with E-state index >= 15 is 0 Å². The van der Waals surface area contributed by atoms with Gasteiger partial charge in [0.2, 0.25) is 0 Å². The van der Waals surface area contributed by atoms with E-state index in [0.717, 1.165) is 55.6 Å². The molecule has 0 amide bonds. The number of pyridine rings is 2. The third-order valence-corrected chi connectivity index (χ3v) is 11.5. The van der Waals surface area contributed by atoms with Crippen molar-refractivity contribution >= 4 is 41.6 Å². The Bertz CT molecular complexity index is 2720. The van der Waals surface area contributed by atoms with Gasteiger partial charge in [0.15, 0.2) is 0 Å². The van der Waals surface area contributed by atoms with Crippen LogP contribution in [0.3, 0.4) is 0 Å². The fourth-order valence-corrected chi connectivity index (χ4v) is 7.74. The van der Waals surface area contributed by atoms with Gasteiger partial charge in [-0.25, -0.2) is 0 Å². The Morgan fingerprint density at radius 1 is 0.754 bits per heavy atom. The van der Waals surface area contributed by atoms with E-state index in [1.165, 1.54) is 6.92 Å². The number of benzene rings is 4. The molecule has 6 aromatic rings. The topological polar surface area (TPSA) is 177 Å². The number of aliphatic hydroxyl groups excluding tert-OH is 2. The molecule has 1 aliphatic rings. The van der Waals surface area contributed by atoms with Crippen molar-refractivity contribution in [1.82, 2.24) is 15.3 Å². The van der Waals surface area contributed by atoms with Gasteiger partial charge >= 0.3 is 5.97 Å². The van der Waals surface area contributed by atoms with Gasteiger partial charge in [-0.15, -0.1) is 0 Å². The fourth-order valence-electron chi connectivity index (χ4n) is 7.25. The molecule has 4 aromatic carbocycles. The van der Waals surface area contributed by atoms with Crippen LogP contribution in [0.5, 0.6) is 23.0 Å². The third-order valence-electron chi connectivity index (χ3n) is 10.9. The minimum Gasteiger partial charge on any atom is -0.488 e. The number of aliphatic imine (C=N–C) groups is 2. The van der Waals surface area contributed by atoms with Gasteiger partial charge in [-0.2, -0.15) is 0 Å². The maximum absolute atomic E-state index is 11.8. The molecular weight excluding hydrogens is 869 g/mol. The molecule has 0 aliphatic carbocycles. The maximum Gasteiger partial charge on any atom is 0.323 e. The molecule has 2 aromatic heterocycles. The zero-order chi connectivity index (χ0) is 46.0. The van der Waals surface area contributed by atoms with Crippen LogP contribution in [-0.4, -0.2) is 62.9 Å². The molecule has 0 radical (unpaired) electrons. The molecule has 7 rings (SSSR count). The number of aliphatic hydroxyl groups is 2. The molecule has 1 unspecified atom stereocenters. The van der Waals surface area contributed by atoms with Gasteiger partial charge in [0.05, 0.1) is 22.8 Å². The van der Waals surface area contributed by atoms with Crippen LogP contribution in [0.25, 0.3) is 11.1 Å². The smallest absolute Gasteiger partial charge is 0.323 e. The fraction of sp³-hybridized carbons (Fsp3) is 0.260. The Morgan fingerprint density at radius 3 is 1.83 bits per heavy atom. The summed E-state index contributed by atoms with van der Waals surface area (Å²) in [4.78, 5) is 28.7. The number of carbonyl (C=O) groups is 1. The molecule has 0 bridgehead atoms. The average Bonchev–Trinajstić information content (AvgIpc) is 4.15. The van der Waals surface area contributed by atoms with Crippen LogP contribution >= 0.6 is 23.2 Å². The van der Waals surface area contributed by atoms with Crippen LogP contribution in [0, 0.1) is 13.8 Å². The van der Waals surface area contributed by atoms with E-state index in [4.69, 9.17) is 42.1 Å². The van der Waals surface area contributed by atoms with E-state index in [0.29, 0.717) is 44.2 Å². The second-order valence-electron chi connectivity index (χ2n) is 15.6. The van der Waals surface area contributed by atoms with Crippen LogP contribution in [0.15, 0.2) is 108 Å². The van der Waals surface area contributed by atoms with Crippen molar-refractivity contribution in [3.05, 3.63) is 163 Å². The molecule has 13 nitrogen and oxygen atoms in total. The number of nitrogens with zero attached hydrogens (tertiary/aromatic N) is 4. The van der Waals surface area contributed by atoms with Crippen molar-refractivity contribution in [1.29, 1.82) is 0 Å². The molecule has 15 heteroatoms. The molecule has 0 saturated carbocycles. The van der Waals surface area contributed by atoms with Crippen molar-refractivity contribution in [2.75, 3.05) is 7.05 Å². The summed E-state index contributed by atoms with van der Waals surface area (Å²) in [5, 5.41) is 33.4. The van der Waals surface area contributed by atoms with Gasteiger partial charge < -0.3 is 34.3 Å². The number of halogens is 2. The highest BCUT2D eigenvalue weighted by Gasteiger charge is 2.24. The van der Waals surface area contributed by atoms with Gasteiger partial charge in [-0.05, 0) is 78.4 Å². The normalized spacial score (nSPS) is 14.0. The first kappa shape index (κ1) is 46.6. The molecule has 0 saturated heterocycles. The Kier molecular flexibility index (Phi) is 15.5. The lowest BCUT2D eigenvalue weighted by Crippen LogP contribution is -2.44. The predicted octanol–water partition coefficient (Wildman–Crippen LogP) is 8.97. The van der Waals surface area contributed by atoms with E-state index in [2.05, 4.69) is 44.3 Å². The quantitative estimate of drug-likeness (QED) is 0.0507. The van der Waals surface area contributed by atoms with E-state index in [9.17, 15) is 20.1 Å². The molecule has 0 fully saturated rings. The Labute approximate surface area is 387 Å². The lowest BCUT2D eigenvalue weighted by molar-refractivity contribution is -0.142. The van der Waals surface area contributed by atoms with E-state index in [1.807, 2.05) is 49.5 Å². The second kappa shape index (κ2) is 21.6. The number of carboxylic acids is 1. The van der Waals surface area contributed by atoms with Crippen molar-refractivity contribution in [2.24, 2.45) is 9.98 Å². The maximum atomic E-state index is 11.8. The van der Waals surface area contributed by atoms with Crippen LogP contribution in [-0.2, 0) is 44.4 Å². The molecule has 4 N–H and O–H groups in total. The summed E-state index contributed by atoms with van der Waals surface area (Å²) in [7, 11) is 1.70. The molecule has 3 heterocycles. The summed E-state index contributed by atoms with van der Waals surface area (Å²) in [5.74, 6) is 0.484. The largest absolute Gasteiger partial charge is 0.488 e. The van der Waals surface area contributed by atoms with Crippen LogP contribution in [0.4, 0.5) is 0 Å². The van der Waals surface area contributed by atoms with Crippen LogP contribution in [0.1, 0.15) is 68.6 Å². The first-order valence-corrected chi connectivity index (χ1v) is 21.6. The monoisotopic (exact) mass is 917 g/mol. The molecular formula is C50H49Cl2N5O8. The minimum absolute atomic E-state index is 0.0344. The standard InChI is InChI=1S/C50H49Cl2N5O8/c1-29-35(27-64-47-15-45(62-26-34-12-37(21-55-20-34)44-23-56-44)38(13-42(47)51)22-57-49(31(3)59)50(60)61)7-5-9-40(29)41-10-6-8-36(30(41)2)28-65-48-16-46(39(24-58)14-43(48)52)63-25-33-11-32(17-53-4)18-54-19-33/h5-21,23,31,44,49,57-59H,22,24-28H2,1-4H3,(H,60,61)/t31-,44?,49-/m0/s1. The van der Waals surface area contributed by atoms with E-state index < -0.39 is 18.1 Å². The van der Waals surface area contributed by atoms with E-state index in [1.54, 1.807) is 62.3 Å². The first-order valence-electron chi connectivity index (χ1n) is 20.8. The van der Waals surface area contributed by atoms with Gasteiger partial charge in [0.25, 0.3) is 0 Å². The SMILES string of the molecule is CN=Cc1cncc(COc2cc(OCc3cccc(-c4cccc(COc5cc(OCc6cncc(C7C=N7)c6)c(CN[C@H](C(=O)O)[C@H](C)O)cc5Cl)c4C)c3C)c(Cl)cc2CO)c1. The number of hydrogen-bond acceptors (Lipinski definition) is 12. The van der Waals surface area contributed by atoms with E-state index in [-0.39, 0.29) is 45.6 Å². The van der Waals surface area contributed by atoms with Crippen molar-refractivity contribution in [3.8, 4) is 34.1 Å². The number of aromatic nitrogens is 2. The highest BCUT2D eigenvalue weighted by Crippen LogP contribution is 2.37. The molecule has 0 spiro atoms. The van der Waals surface area contributed by atoms with Crippen LogP contribution < -0.4 is 24.3 Å². The van der Waals surface area contributed by atoms with Crippen molar-refractivity contribution in [2.45, 2.75) is 78.5 Å². The summed E-state index contributed by atoms with van der Waals surface area (Å²) in [5.41, 5.74) is 10.6. The van der Waals surface area contributed by atoms with Crippen LogP contribution in [0.2, 0.25) is 10.0 Å². The molecule has 3 atom stereocenters. The Hall–Kier alpha value is -6.35. The second-order valence-corrected chi connectivity index (χ2v) is 16.4. The highest BCUT2D eigenvalue weighted by molar-refractivity contribution is 6.32. The number of carboxylic acid groups (broad SMARTS) is 1. The van der Waals surface area contributed by atoms with Gasteiger partial charge in [-0.1, -0.05) is 59.6 Å². The van der Waals surface area contributed by atoms with Gasteiger partial charge in [0.1, 0.15) is 61.5 Å². The minimum atomic E-state index is -1.21. The summed E-state index contributed by atoms with van der Waals surface area (Å²) in [6.45, 7) is 6.11. The van der Waals surface area contributed by atoms with Gasteiger partial charge in [0, 0.05) is 96.3 Å². The highest BCUT2D eigenvalue weighted by atomic mass is 35.5. The Balaban J connectivity index is 1.06. The summed E-state index contributed by atoms with van der Waals surface area (Å²) in [6.07, 6.45) is 9.34. The molecule has 336 valence electrons. The lowest BCUT2D eigenvalue weighted by Gasteiger charge is -2.20. The summed E-state index contributed by atoms with van der Waals surface area (Å²) >= 11 is 13.5. The van der Waals surface area contributed by atoms with Gasteiger partial charge in [-0.3, -0.25) is 30.1 Å². The molecule has 1 aliphatic heterocycles. The number of ether oxygens (including phenoxy) is 4. The summed E-state index contributed by atoms with van der Waals surface area (Å²) in [6, 6.07) is 21.6.